The molecule has 1 aliphatic carbocycles. The first-order chi connectivity index (χ1) is 12.7. The van der Waals surface area contributed by atoms with Gasteiger partial charge in [0, 0.05) is 10.9 Å². The summed E-state index contributed by atoms with van der Waals surface area (Å²) in [6.07, 6.45) is 6.88. The zero-order chi connectivity index (χ0) is 18.1. The second-order valence-corrected chi connectivity index (χ2v) is 7.66. The summed E-state index contributed by atoms with van der Waals surface area (Å²) in [6, 6.07) is 5.51. The molecule has 0 fully saturated rings. The third kappa shape index (κ3) is 2.98. The molecule has 0 saturated heterocycles. The fraction of sp³-hybridized carbons (Fsp3) is 0.400. The van der Waals surface area contributed by atoms with Crippen LogP contribution in [-0.4, -0.2) is 24.2 Å². The minimum Gasteiger partial charge on any atom is -0.497 e. The van der Waals surface area contributed by atoms with E-state index in [2.05, 4.69) is 4.98 Å². The van der Waals surface area contributed by atoms with Gasteiger partial charge in [0.05, 0.1) is 25.2 Å². The van der Waals surface area contributed by atoms with Crippen molar-refractivity contribution >= 4 is 21.6 Å². The van der Waals surface area contributed by atoms with Crippen LogP contribution in [0.1, 0.15) is 36.1 Å². The molecule has 3 aromatic rings. The zero-order valence-corrected chi connectivity index (χ0v) is 15.9. The molecule has 0 radical (unpaired) electrons. The maximum Gasteiger partial charge on any atom is 0.260 e. The van der Waals surface area contributed by atoms with Crippen LogP contribution in [0.2, 0.25) is 0 Å². The van der Waals surface area contributed by atoms with E-state index in [9.17, 15) is 4.79 Å². The summed E-state index contributed by atoms with van der Waals surface area (Å²) >= 11 is 1.67. The Morgan fingerprint density at radius 2 is 1.88 bits per heavy atom. The number of aryl methyl sites for hydroxylation is 2. The van der Waals surface area contributed by atoms with Crippen LogP contribution in [0.15, 0.2) is 23.0 Å². The Morgan fingerprint density at radius 1 is 1.08 bits per heavy atom. The van der Waals surface area contributed by atoms with E-state index in [0.29, 0.717) is 17.3 Å². The number of nitrogens with one attached hydrogen (secondary N) is 1. The number of aromatic amines is 1. The van der Waals surface area contributed by atoms with Crippen molar-refractivity contribution in [3.63, 3.8) is 0 Å². The van der Waals surface area contributed by atoms with Crippen LogP contribution < -0.4 is 15.0 Å². The van der Waals surface area contributed by atoms with E-state index in [1.165, 1.54) is 29.7 Å². The van der Waals surface area contributed by atoms with Crippen LogP contribution in [0, 0.1) is 0 Å². The number of benzene rings is 1. The molecule has 0 unspecified atom stereocenters. The Kier molecular flexibility index (Phi) is 4.68. The molecule has 0 bridgehead atoms. The van der Waals surface area contributed by atoms with Crippen LogP contribution in [0.25, 0.3) is 21.6 Å². The van der Waals surface area contributed by atoms with Gasteiger partial charge in [0.2, 0.25) is 0 Å². The zero-order valence-electron chi connectivity index (χ0n) is 15.1. The third-order valence-electron chi connectivity index (χ3n) is 4.99. The number of hydrogen-bond acceptors (Lipinski definition) is 5. The lowest BCUT2D eigenvalue weighted by atomic mass is 9.98. The number of rotatable bonds is 3. The first kappa shape index (κ1) is 17.1. The lowest BCUT2D eigenvalue weighted by Gasteiger charge is -2.10. The van der Waals surface area contributed by atoms with Gasteiger partial charge in [-0.1, -0.05) is 12.8 Å². The molecule has 5 nitrogen and oxygen atoms in total. The van der Waals surface area contributed by atoms with Crippen molar-refractivity contribution in [3.05, 3.63) is 39.0 Å². The average Bonchev–Trinajstić information content (AvgIpc) is 2.98. The number of nitrogens with zero attached hydrogens (tertiary/aromatic N) is 1. The van der Waals surface area contributed by atoms with Gasteiger partial charge >= 0.3 is 0 Å². The minimum atomic E-state index is -0.0547. The Hall–Kier alpha value is -2.34. The van der Waals surface area contributed by atoms with Gasteiger partial charge in [-0.05, 0) is 43.4 Å². The van der Waals surface area contributed by atoms with E-state index in [1.807, 2.05) is 12.1 Å². The van der Waals surface area contributed by atoms with E-state index in [-0.39, 0.29) is 5.56 Å². The van der Waals surface area contributed by atoms with E-state index in [4.69, 9.17) is 14.5 Å². The van der Waals surface area contributed by atoms with Crippen molar-refractivity contribution in [2.45, 2.75) is 38.5 Å². The van der Waals surface area contributed by atoms with Gasteiger partial charge < -0.3 is 14.5 Å². The summed E-state index contributed by atoms with van der Waals surface area (Å²) < 4.78 is 10.7. The molecule has 1 aromatic carbocycles. The van der Waals surface area contributed by atoms with E-state index >= 15 is 0 Å². The number of ether oxygens (including phenoxy) is 2. The van der Waals surface area contributed by atoms with Gasteiger partial charge in [-0.25, -0.2) is 4.98 Å². The molecule has 4 rings (SSSR count). The topological polar surface area (TPSA) is 64.2 Å². The number of methoxy groups -OCH3 is 2. The van der Waals surface area contributed by atoms with Crippen molar-refractivity contribution in [1.82, 2.24) is 9.97 Å². The molecular formula is C20H22N2O3S. The van der Waals surface area contributed by atoms with Crippen molar-refractivity contribution in [1.29, 1.82) is 0 Å². The van der Waals surface area contributed by atoms with Gasteiger partial charge in [-0.15, -0.1) is 11.3 Å². The standard InChI is InChI=1S/C20H22N2O3S/c1-24-12-9-10-13(15(11-12)25-2)18-21-19(23)17-14-7-5-3-4-6-8-16(14)26-20(17)22-18/h9-11H,3-8H2,1-2H3,(H,21,22,23). The van der Waals surface area contributed by atoms with Crippen LogP contribution in [-0.2, 0) is 12.8 Å². The Labute approximate surface area is 156 Å². The van der Waals surface area contributed by atoms with E-state index < -0.39 is 0 Å². The molecule has 2 heterocycles. The monoisotopic (exact) mass is 370 g/mol. The predicted molar refractivity (Wildman–Crippen MR) is 105 cm³/mol. The minimum absolute atomic E-state index is 0.0547. The summed E-state index contributed by atoms with van der Waals surface area (Å²) in [5.74, 6) is 1.87. The molecule has 26 heavy (non-hydrogen) atoms. The number of fused-ring (bicyclic) bond motifs is 3. The highest BCUT2D eigenvalue weighted by Gasteiger charge is 2.19. The molecule has 0 aliphatic heterocycles. The summed E-state index contributed by atoms with van der Waals surface area (Å²) in [5.41, 5.74) is 1.92. The van der Waals surface area contributed by atoms with Gasteiger partial charge in [0.25, 0.3) is 5.56 Å². The smallest absolute Gasteiger partial charge is 0.260 e. The van der Waals surface area contributed by atoms with Gasteiger partial charge in [0.1, 0.15) is 22.2 Å². The molecule has 136 valence electrons. The van der Waals surface area contributed by atoms with Crippen molar-refractivity contribution < 1.29 is 9.47 Å². The number of hydrogen-bond donors (Lipinski definition) is 1. The largest absolute Gasteiger partial charge is 0.497 e. The van der Waals surface area contributed by atoms with Crippen LogP contribution >= 0.6 is 11.3 Å². The SMILES string of the molecule is COc1ccc(-c2nc3sc4c(c3c(=O)[nH]2)CCCCCC4)c(OC)c1. The highest BCUT2D eigenvalue weighted by molar-refractivity contribution is 7.18. The molecule has 2 aromatic heterocycles. The van der Waals surface area contributed by atoms with Gasteiger partial charge in [0.15, 0.2) is 0 Å². The van der Waals surface area contributed by atoms with Crippen molar-refractivity contribution in [2.24, 2.45) is 0 Å². The predicted octanol–water partition coefficient (Wildman–Crippen LogP) is 4.33. The molecule has 1 aliphatic rings. The molecule has 0 amide bonds. The molecule has 0 spiro atoms. The summed E-state index contributed by atoms with van der Waals surface area (Å²) in [6.45, 7) is 0. The van der Waals surface area contributed by atoms with E-state index in [1.54, 1.807) is 31.6 Å². The quantitative estimate of drug-likeness (QED) is 0.745. The van der Waals surface area contributed by atoms with Gasteiger partial charge in [-0.3, -0.25) is 4.79 Å². The molecule has 0 saturated carbocycles. The molecule has 6 heteroatoms. The first-order valence-corrected chi connectivity index (χ1v) is 9.80. The molecule has 0 atom stereocenters. The van der Waals surface area contributed by atoms with Crippen LogP contribution in [0.3, 0.4) is 0 Å². The third-order valence-corrected chi connectivity index (χ3v) is 6.17. The number of aromatic nitrogens is 2. The summed E-state index contributed by atoms with van der Waals surface area (Å²) in [5, 5.41) is 0.781. The van der Waals surface area contributed by atoms with Crippen molar-refractivity contribution in [3.8, 4) is 22.9 Å². The Balaban J connectivity index is 1.87. The average molecular weight is 370 g/mol. The normalized spacial score (nSPS) is 14.5. The lowest BCUT2D eigenvalue weighted by Crippen LogP contribution is -2.11. The number of H-pyrrole nitrogens is 1. The number of thiophene rings is 1. The lowest BCUT2D eigenvalue weighted by molar-refractivity contribution is 0.395. The van der Waals surface area contributed by atoms with E-state index in [0.717, 1.165) is 35.0 Å². The van der Waals surface area contributed by atoms with Crippen molar-refractivity contribution in [2.75, 3.05) is 14.2 Å². The second kappa shape index (κ2) is 7.11. The first-order valence-electron chi connectivity index (χ1n) is 8.98. The fourth-order valence-corrected chi connectivity index (χ4v) is 4.90. The highest BCUT2D eigenvalue weighted by Crippen LogP contribution is 2.35. The van der Waals surface area contributed by atoms with Crippen LogP contribution in [0.5, 0.6) is 11.5 Å². The second-order valence-electron chi connectivity index (χ2n) is 6.58. The Morgan fingerprint density at radius 3 is 2.65 bits per heavy atom. The maximum atomic E-state index is 12.9. The molecular weight excluding hydrogens is 348 g/mol. The summed E-state index contributed by atoms with van der Waals surface area (Å²) in [7, 11) is 3.22. The fourth-order valence-electron chi connectivity index (χ4n) is 3.64. The van der Waals surface area contributed by atoms with Crippen LogP contribution in [0.4, 0.5) is 0 Å². The Bertz CT molecular complexity index is 1010. The van der Waals surface area contributed by atoms with Gasteiger partial charge in [-0.2, -0.15) is 0 Å². The highest BCUT2D eigenvalue weighted by atomic mass is 32.1. The maximum absolute atomic E-state index is 12.9. The summed E-state index contributed by atoms with van der Waals surface area (Å²) in [4.78, 5) is 22.8. The molecule has 1 N–H and O–H groups in total.